The molecule has 0 fully saturated rings. The van der Waals surface area contributed by atoms with Crippen molar-refractivity contribution in [2.75, 3.05) is 31.6 Å². The maximum Gasteiger partial charge on any atom is 0.251 e. The van der Waals surface area contributed by atoms with Crippen molar-refractivity contribution in [3.05, 3.63) is 48.0 Å². The van der Waals surface area contributed by atoms with Gasteiger partial charge in [0.2, 0.25) is 0 Å². The van der Waals surface area contributed by atoms with E-state index >= 15 is 0 Å². The maximum absolute atomic E-state index is 12.7. The standard InChI is InChI=1S/C24H33N3OS.ClH/c1-6-26(5)16-18(4)27-20-9-7-8-10-22(20)29-23-12-11-19(15-21(23)27)24(28)25-14-13-17(2)3;/h7-12,15,17-18H,6,13-14,16H2,1-5H3,(H,25,28);1H/t18-;/m1./s1. The summed E-state index contributed by atoms with van der Waals surface area (Å²) in [5.41, 5.74) is 3.08. The SMILES string of the molecule is CCN(C)C[C@@H](C)N1c2ccccc2Sc2ccc(C(=O)NCCC(C)C)cc21.Cl. The van der Waals surface area contributed by atoms with Crippen molar-refractivity contribution in [3.63, 3.8) is 0 Å². The Bertz CT molecular complexity index is 858. The highest BCUT2D eigenvalue weighted by molar-refractivity contribution is 7.99. The second kappa shape index (κ2) is 11.1. The van der Waals surface area contributed by atoms with Crippen LogP contribution in [0.25, 0.3) is 0 Å². The van der Waals surface area contributed by atoms with Gasteiger partial charge in [-0.25, -0.2) is 0 Å². The van der Waals surface area contributed by atoms with Gasteiger partial charge in [0.1, 0.15) is 0 Å². The zero-order valence-electron chi connectivity index (χ0n) is 18.6. The van der Waals surface area contributed by atoms with Crippen LogP contribution in [0, 0.1) is 5.92 Å². The van der Waals surface area contributed by atoms with Crippen molar-refractivity contribution < 1.29 is 4.79 Å². The molecule has 1 atom stereocenters. The zero-order chi connectivity index (χ0) is 21.0. The number of rotatable bonds is 8. The molecule has 1 amide bonds. The van der Waals surface area contributed by atoms with Gasteiger partial charge in [-0.05, 0) is 63.2 Å². The second-order valence-corrected chi connectivity index (χ2v) is 9.35. The van der Waals surface area contributed by atoms with Gasteiger partial charge in [-0.1, -0.05) is 44.7 Å². The van der Waals surface area contributed by atoms with E-state index in [1.807, 2.05) is 6.07 Å². The number of carbonyl (C=O) groups excluding carboxylic acids is 1. The summed E-state index contributed by atoms with van der Waals surface area (Å²) in [5.74, 6) is 0.592. The summed E-state index contributed by atoms with van der Waals surface area (Å²) in [6.45, 7) is 11.5. The first-order chi connectivity index (χ1) is 13.9. The molecule has 30 heavy (non-hydrogen) atoms. The first-order valence-corrected chi connectivity index (χ1v) is 11.4. The summed E-state index contributed by atoms with van der Waals surface area (Å²) in [6.07, 6.45) is 0.992. The van der Waals surface area contributed by atoms with Gasteiger partial charge in [-0.2, -0.15) is 0 Å². The fraction of sp³-hybridized carbons (Fsp3) is 0.458. The van der Waals surface area contributed by atoms with Gasteiger partial charge < -0.3 is 15.1 Å². The Morgan fingerprint density at radius 2 is 1.80 bits per heavy atom. The summed E-state index contributed by atoms with van der Waals surface area (Å²) in [4.78, 5) is 19.9. The molecule has 3 rings (SSSR count). The minimum absolute atomic E-state index is 0. The molecular formula is C24H34ClN3OS. The number of amides is 1. The molecule has 1 N–H and O–H groups in total. The van der Waals surface area contributed by atoms with Crippen LogP contribution in [0.15, 0.2) is 52.3 Å². The Balaban J connectivity index is 0.00000320. The molecule has 0 radical (unpaired) electrons. The molecule has 164 valence electrons. The predicted molar refractivity (Wildman–Crippen MR) is 131 cm³/mol. The summed E-state index contributed by atoms with van der Waals surface area (Å²) in [7, 11) is 2.15. The number of para-hydroxylation sites is 1. The fourth-order valence-electron chi connectivity index (χ4n) is 3.64. The van der Waals surface area contributed by atoms with Gasteiger partial charge in [-0.15, -0.1) is 12.4 Å². The Hall–Kier alpha value is -1.69. The van der Waals surface area contributed by atoms with E-state index in [9.17, 15) is 4.79 Å². The van der Waals surface area contributed by atoms with E-state index in [4.69, 9.17) is 0 Å². The van der Waals surface area contributed by atoms with Crippen LogP contribution in [0.2, 0.25) is 0 Å². The van der Waals surface area contributed by atoms with Crippen molar-refractivity contribution in [2.24, 2.45) is 5.92 Å². The molecular weight excluding hydrogens is 414 g/mol. The highest BCUT2D eigenvalue weighted by Gasteiger charge is 2.28. The lowest BCUT2D eigenvalue weighted by Crippen LogP contribution is -2.39. The molecule has 0 spiro atoms. The molecule has 2 aromatic rings. The highest BCUT2D eigenvalue weighted by atomic mass is 35.5. The van der Waals surface area contributed by atoms with Gasteiger partial charge in [0.05, 0.1) is 11.4 Å². The molecule has 2 aromatic carbocycles. The van der Waals surface area contributed by atoms with Crippen molar-refractivity contribution in [3.8, 4) is 0 Å². The van der Waals surface area contributed by atoms with Crippen molar-refractivity contribution in [1.82, 2.24) is 10.2 Å². The largest absolute Gasteiger partial charge is 0.352 e. The molecule has 0 saturated carbocycles. The number of carbonyl (C=O) groups is 1. The van der Waals surface area contributed by atoms with Crippen LogP contribution >= 0.6 is 24.2 Å². The van der Waals surface area contributed by atoms with Gasteiger partial charge in [0.15, 0.2) is 0 Å². The van der Waals surface area contributed by atoms with E-state index in [0.29, 0.717) is 18.5 Å². The molecule has 1 aliphatic heterocycles. The second-order valence-electron chi connectivity index (χ2n) is 8.26. The van der Waals surface area contributed by atoms with Gasteiger partial charge in [0.25, 0.3) is 5.91 Å². The lowest BCUT2D eigenvalue weighted by Gasteiger charge is -2.38. The molecule has 6 heteroatoms. The molecule has 0 saturated heterocycles. The average molecular weight is 448 g/mol. The van der Waals surface area contributed by atoms with Crippen LogP contribution in [0.4, 0.5) is 11.4 Å². The molecule has 0 aromatic heterocycles. The number of halogens is 1. The van der Waals surface area contributed by atoms with Crippen LogP contribution < -0.4 is 10.2 Å². The number of nitrogens with zero attached hydrogens (tertiary/aromatic N) is 2. The predicted octanol–water partition coefficient (Wildman–Crippen LogP) is 5.83. The Morgan fingerprint density at radius 1 is 1.10 bits per heavy atom. The summed E-state index contributed by atoms with van der Waals surface area (Å²) in [5, 5.41) is 3.07. The van der Waals surface area contributed by atoms with Crippen LogP contribution in [0.5, 0.6) is 0 Å². The molecule has 0 unspecified atom stereocenters. The average Bonchev–Trinajstić information content (AvgIpc) is 2.70. The lowest BCUT2D eigenvalue weighted by molar-refractivity contribution is 0.0952. The lowest BCUT2D eigenvalue weighted by atomic mass is 10.1. The molecule has 1 heterocycles. The summed E-state index contributed by atoms with van der Waals surface area (Å²) >= 11 is 1.78. The van der Waals surface area contributed by atoms with E-state index in [0.717, 1.165) is 30.8 Å². The normalized spacial score (nSPS) is 13.5. The maximum atomic E-state index is 12.7. The van der Waals surface area contributed by atoms with Gasteiger partial charge in [-0.3, -0.25) is 4.79 Å². The van der Waals surface area contributed by atoms with Gasteiger partial charge in [0, 0.05) is 34.5 Å². The first-order valence-electron chi connectivity index (χ1n) is 10.6. The van der Waals surface area contributed by atoms with E-state index in [2.05, 4.69) is 86.3 Å². The molecule has 4 nitrogen and oxygen atoms in total. The molecule has 0 aliphatic carbocycles. The zero-order valence-corrected chi connectivity index (χ0v) is 20.3. The quantitative estimate of drug-likeness (QED) is 0.552. The number of hydrogen-bond acceptors (Lipinski definition) is 4. The Morgan fingerprint density at radius 3 is 2.50 bits per heavy atom. The minimum atomic E-state index is 0. The molecule has 0 bridgehead atoms. The summed E-state index contributed by atoms with van der Waals surface area (Å²) in [6, 6.07) is 14.9. The van der Waals surface area contributed by atoms with E-state index < -0.39 is 0 Å². The smallest absolute Gasteiger partial charge is 0.251 e. The number of benzene rings is 2. The van der Waals surface area contributed by atoms with Crippen LogP contribution in [0.1, 0.15) is 44.5 Å². The van der Waals surface area contributed by atoms with Crippen molar-refractivity contribution in [2.45, 2.75) is 49.9 Å². The number of hydrogen-bond donors (Lipinski definition) is 1. The fourth-order valence-corrected chi connectivity index (χ4v) is 4.69. The number of nitrogens with one attached hydrogen (secondary N) is 1. The topological polar surface area (TPSA) is 35.6 Å². The van der Waals surface area contributed by atoms with Crippen molar-refractivity contribution in [1.29, 1.82) is 0 Å². The number of likely N-dealkylation sites (N-methyl/N-ethyl adjacent to an activating group) is 1. The molecule has 1 aliphatic rings. The Kier molecular flexibility index (Phi) is 9.08. The third kappa shape index (κ3) is 5.71. The van der Waals surface area contributed by atoms with Crippen LogP contribution in [-0.4, -0.2) is 43.5 Å². The highest BCUT2D eigenvalue weighted by Crippen LogP contribution is 2.49. The summed E-state index contributed by atoms with van der Waals surface area (Å²) < 4.78 is 0. The number of fused-ring (bicyclic) bond motifs is 2. The van der Waals surface area contributed by atoms with E-state index in [1.54, 1.807) is 11.8 Å². The third-order valence-electron chi connectivity index (χ3n) is 5.39. The van der Waals surface area contributed by atoms with E-state index in [1.165, 1.54) is 15.5 Å². The van der Waals surface area contributed by atoms with Crippen LogP contribution in [-0.2, 0) is 0 Å². The van der Waals surface area contributed by atoms with E-state index in [-0.39, 0.29) is 18.3 Å². The van der Waals surface area contributed by atoms with Crippen LogP contribution in [0.3, 0.4) is 0 Å². The minimum Gasteiger partial charge on any atom is -0.352 e. The monoisotopic (exact) mass is 447 g/mol. The third-order valence-corrected chi connectivity index (χ3v) is 6.52. The van der Waals surface area contributed by atoms with Crippen molar-refractivity contribution >= 4 is 41.5 Å². The number of anilines is 2. The van der Waals surface area contributed by atoms with Gasteiger partial charge >= 0.3 is 0 Å². The Labute approximate surface area is 191 Å². The first kappa shape index (κ1) is 24.6.